The van der Waals surface area contributed by atoms with Gasteiger partial charge in [0.05, 0.1) is 0 Å². The summed E-state index contributed by atoms with van der Waals surface area (Å²) in [6, 6.07) is 5.62. The maximum absolute atomic E-state index is 10.6. The standard InChI is InChI=1S/C15H15N5O/c1-10-2-3-20(8-10)15-13-5-14(18-9-21)17-7-11(13)4-12(6-16)19-15/h4-5,7,9-10H,2-3,8H2,1H3,(H,17,18,21). The largest absolute Gasteiger partial charge is 0.356 e. The molecule has 0 bridgehead atoms. The fourth-order valence-electron chi connectivity index (χ4n) is 2.69. The van der Waals surface area contributed by atoms with E-state index in [-0.39, 0.29) is 0 Å². The van der Waals surface area contributed by atoms with Crippen molar-refractivity contribution >= 4 is 28.8 Å². The average molecular weight is 281 g/mol. The van der Waals surface area contributed by atoms with Gasteiger partial charge in [0, 0.05) is 30.1 Å². The minimum Gasteiger partial charge on any atom is -0.356 e. The Labute approximate surface area is 122 Å². The van der Waals surface area contributed by atoms with Gasteiger partial charge in [-0.05, 0) is 24.5 Å². The Hall–Kier alpha value is -2.68. The second-order valence-electron chi connectivity index (χ2n) is 5.34. The molecule has 1 N–H and O–H groups in total. The molecule has 1 aliphatic rings. The molecule has 21 heavy (non-hydrogen) atoms. The first kappa shape index (κ1) is 13.3. The van der Waals surface area contributed by atoms with Crippen LogP contribution >= 0.6 is 0 Å². The van der Waals surface area contributed by atoms with Gasteiger partial charge in [-0.2, -0.15) is 5.26 Å². The van der Waals surface area contributed by atoms with Crippen molar-refractivity contribution in [3.63, 3.8) is 0 Å². The van der Waals surface area contributed by atoms with Crippen LogP contribution in [-0.4, -0.2) is 29.5 Å². The van der Waals surface area contributed by atoms with E-state index >= 15 is 0 Å². The van der Waals surface area contributed by atoms with E-state index in [2.05, 4.69) is 33.2 Å². The fraction of sp³-hybridized carbons (Fsp3) is 0.333. The molecule has 1 fully saturated rings. The van der Waals surface area contributed by atoms with E-state index in [0.717, 1.165) is 36.1 Å². The van der Waals surface area contributed by atoms with Crippen molar-refractivity contribution in [1.29, 1.82) is 5.26 Å². The fourth-order valence-corrected chi connectivity index (χ4v) is 2.69. The lowest BCUT2D eigenvalue weighted by Crippen LogP contribution is -2.21. The van der Waals surface area contributed by atoms with Gasteiger partial charge in [0.2, 0.25) is 6.41 Å². The molecule has 1 unspecified atom stereocenters. The van der Waals surface area contributed by atoms with Crippen molar-refractivity contribution in [2.24, 2.45) is 5.92 Å². The third kappa shape index (κ3) is 2.50. The van der Waals surface area contributed by atoms with Crippen molar-refractivity contribution in [1.82, 2.24) is 9.97 Å². The van der Waals surface area contributed by atoms with Crippen LogP contribution < -0.4 is 10.2 Å². The van der Waals surface area contributed by atoms with E-state index in [9.17, 15) is 4.79 Å². The number of aromatic nitrogens is 2. The van der Waals surface area contributed by atoms with Crippen LogP contribution in [0.2, 0.25) is 0 Å². The first-order chi connectivity index (χ1) is 10.2. The smallest absolute Gasteiger partial charge is 0.212 e. The molecule has 1 saturated heterocycles. The lowest BCUT2D eigenvalue weighted by molar-refractivity contribution is -0.105. The summed E-state index contributed by atoms with van der Waals surface area (Å²) in [5.74, 6) is 1.89. The van der Waals surface area contributed by atoms with Crippen molar-refractivity contribution in [3.8, 4) is 6.07 Å². The summed E-state index contributed by atoms with van der Waals surface area (Å²) >= 11 is 0. The van der Waals surface area contributed by atoms with Gasteiger partial charge in [-0.15, -0.1) is 0 Å². The predicted molar refractivity (Wildman–Crippen MR) is 79.9 cm³/mol. The van der Waals surface area contributed by atoms with Crippen molar-refractivity contribution in [2.75, 3.05) is 23.3 Å². The third-order valence-corrected chi connectivity index (χ3v) is 3.74. The number of rotatable bonds is 3. The molecular formula is C15H15N5O. The summed E-state index contributed by atoms with van der Waals surface area (Å²) in [6.45, 7) is 4.06. The first-order valence-electron chi connectivity index (χ1n) is 6.87. The molecule has 0 aliphatic carbocycles. The summed E-state index contributed by atoms with van der Waals surface area (Å²) in [5.41, 5.74) is 0.384. The average Bonchev–Trinajstić information content (AvgIpc) is 2.93. The normalized spacial score (nSPS) is 17.7. The Morgan fingerprint density at radius 2 is 2.38 bits per heavy atom. The van der Waals surface area contributed by atoms with E-state index in [4.69, 9.17) is 5.26 Å². The molecule has 6 nitrogen and oxygen atoms in total. The first-order valence-corrected chi connectivity index (χ1v) is 6.87. The van der Waals surface area contributed by atoms with Crippen molar-refractivity contribution in [2.45, 2.75) is 13.3 Å². The van der Waals surface area contributed by atoms with Crippen LogP contribution in [0, 0.1) is 17.2 Å². The van der Waals surface area contributed by atoms with Crippen LogP contribution in [0.4, 0.5) is 11.6 Å². The number of nitrogens with zero attached hydrogens (tertiary/aromatic N) is 4. The van der Waals surface area contributed by atoms with Crippen LogP contribution in [0.15, 0.2) is 18.3 Å². The number of carbonyl (C=O) groups is 1. The van der Waals surface area contributed by atoms with Gasteiger partial charge in [-0.1, -0.05) is 6.92 Å². The summed E-state index contributed by atoms with van der Waals surface area (Å²) in [7, 11) is 0. The third-order valence-electron chi connectivity index (χ3n) is 3.74. The number of nitrogens with one attached hydrogen (secondary N) is 1. The number of amides is 1. The Kier molecular flexibility index (Phi) is 3.40. The Morgan fingerprint density at radius 1 is 1.52 bits per heavy atom. The number of carbonyl (C=O) groups excluding carboxylic acids is 1. The van der Waals surface area contributed by atoms with Crippen LogP contribution in [0.1, 0.15) is 19.0 Å². The molecule has 0 spiro atoms. The topological polar surface area (TPSA) is 81.9 Å². The number of hydrogen-bond donors (Lipinski definition) is 1. The van der Waals surface area contributed by atoms with Gasteiger partial charge in [0.15, 0.2) is 0 Å². The summed E-state index contributed by atoms with van der Waals surface area (Å²) < 4.78 is 0. The maximum atomic E-state index is 10.6. The molecule has 3 rings (SSSR count). The van der Waals surface area contributed by atoms with Crippen LogP contribution in [0.5, 0.6) is 0 Å². The zero-order chi connectivity index (χ0) is 14.8. The summed E-state index contributed by atoms with van der Waals surface area (Å²) in [5, 5.41) is 13.5. The number of fused-ring (bicyclic) bond motifs is 1. The molecule has 2 aromatic heterocycles. The second-order valence-corrected chi connectivity index (χ2v) is 5.34. The van der Waals surface area contributed by atoms with Gasteiger partial charge < -0.3 is 10.2 Å². The van der Waals surface area contributed by atoms with Gasteiger partial charge in [0.1, 0.15) is 23.4 Å². The van der Waals surface area contributed by atoms with E-state index in [1.165, 1.54) is 0 Å². The molecule has 6 heteroatoms. The van der Waals surface area contributed by atoms with Gasteiger partial charge >= 0.3 is 0 Å². The monoisotopic (exact) mass is 281 g/mol. The Morgan fingerprint density at radius 3 is 3.05 bits per heavy atom. The van der Waals surface area contributed by atoms with E-state index in [0.29, 0.717) is 23.8 Å². The van der Waals surface area contributed by atoms with Crippen LogP contribution in [0.25, 0.3) is 10.8 Å². The Balaban J connectivity index is 2.16. The number of anilines is 2. The highest BCUT2D eigenvalue weighted by atomic mass is 16.1. The van der Waals surface area contributed by atoms with Crippen molar-refractivity contribution in [3.05, 3.63) is 24.0 Å². The number of pyridine rings is 2. The zero-order valence-electron chi connectivity index (χ0n) is 11.7. The minimum atomic E-state index is 0.384. The van der Waals surface area contributed by atoms with Crippen LogP contribution in [0.3, 0.4) is 0 Å². The SMILES string of the molecule is CC1CCN(c2nc(C#N)cc3cnc(NC=O)cc23)C1. The van der Waals surface area contributed by atoms with E-state index < -0.39 is 0 Å². The molecular weight excluding hydrogens is 266 g/mol. The minimum absolute atomic E-state index is 0.384. The summed E-state index contributed by atoms with van der Waals surface area (Å²) in [6.07, 6.45) is 3.38. The number of hydrogen-bond acceptors (Lipinski definition) is 5. The summed E-state index contributed by atoms with van der Waals surface area (Å²) in [4.78, 5) is 21.4. The molecule has 0 aromatic carbocycles. The maximum Gasteiger partial charge on any atom is 0.212 e. The van der Waals surface area contributed by atoms with E-state index in [1.807, 2.05) is 0 Å². The van der Waals surface area contributed by atoms with Gasteiger partial charge in [-0.25, -0.2) is 9.97 Å². The van der Waals surface area contributed by atoms with Gasteiger partial charge in [0.25, 0.3) is 0 Å². The van der Waals surface area contributed by atoms with Crippen molar-refractivity contribution < 1.29 is 4.79 Å². The van der Waals surface area contributed by atoms with Gasteiger partial charge in [-0.3, -0.25) is 4.79 Å². The highest BCUT2D eigenvalue weighted by Gasteiger charge is 2.22. The lowest BCUT2D eigenvalue weighted by atomic mass is 10.1. The highest BCUT2D eigenvalue weighted by molar-refractivity contribution is 5.95. The molecule has 0 radical (unpaired) electrons. The quantitative estimate of drug-likeness (QED) is 0.869. The zero-order valence-corrected chi connectivity index (χ0v) is 11.7. The molecule has 0 saturated carbocycles. The molecule has 2 aromatic rings. The number of nitriles is 1. The predicted octanol–water partition coefficient (Wildman–Crippen LogP) is 1.92. The lowest BCUT2D eigenvalue weighted by Gasteiger charge is -2.19. The molecule has 1 atom stereocenters. The second kappa shape index (κ2) is 5.37. The Bertz CT molecular complexity index is 737. The van der Waals surface area contributed by atoms with Crippen LogP contribution in [-0.2, 0) is 4.79 Å². The molecule has 106 valence electrons. The highest BCUT2D eigenvalue weighted by Crippen LogP contribution is 2.30. The molecule has 1 aliphatic heterocycles. The molecule has 1 amide bonds. The van der Waals surface area contributed by atoms with E-state index in [1.54, 1.807) is 18.3 Å². The molecule has 3 heterocycles.